The van der Waals surface area contributed by atoms with Crippen LogP contribution in [0.1, 0.15) is 20.8 Å². The van der Waals surface area contributed by atoms with Crippen molar-refractivity contribution in [2.45, 2.75) is 26.3 Å². The van der Waals surface area contributed by atoms with Crippen LogP contribution in [0.2, 0.25) is 0 Å². The molecule has 0 bridgehead atoms. The van der Waals surface area contributed by atoms with Crippen LogP contribution in [0, 0.1) is 0 Å². The largest absolute Gasteiger partial charge is 0.340 e. The summed E-state index contributed by atoms with van der Waals surface area (Å²) in [6.45, 7) is 10.8. The normalized spacial score (nSPS) is 18.2. The molecule has 84 valence electrons. The predicted molar refractivity (Wildman–Crippen MR) is 62.3 cm³/mol. The molecule has 0 atom stereocenters. The summed E-state index contributed by atoms with van der Waals surface area (Å²) in [5.74, 6) is 1.10. The fourth-order valence-electron chi connectivity index (χ4n) is 1.92. The van der Waals surface area contributed by atoms with Crippen molar-refractivity contribution in [1.29, 1.82) is 0 Å². The second-order valence-corrected chi connectivity index (χ2v) is 5.01. The maximum atomic E-state index is 4.47. The van der Waals surface area contributed by atoms with E-state index in [9.17, 15) is 0 Å². The van der Waals surface area contributed by atoms with Crippen molar-refractivity contribution in [2.24, 2.45) is 0 Å². The van der Waals surface area contributed by atoms with Crippen molar-refractivity contribution in [3.8, 4) is 0 Å². The minimum atomic E-state index is 0.108. The van der Waals surface area contributed by atoms with Gasteiger partial charge >= 0.3 is 0 Å². The second kappa shape index (κ2) is 3.85. The lowest BCUT2D eigenvalue weighted by molar-refractivity contribution is 0.392. The molecule has 0 saturated carbocycles. The summed E-state index contributed by atoms with van der Waals surface area (Å²) < 4.78 is 2.25. The van der Waals surface area contributed by atoms with Gasteiger partial charge in [-0.2, -0.15) is 0 Å². The standard InChI is InChI=1S/C11H20N4/c1-11(2,3)15-9-6-13-10(15)14-7-4-12-5-8-14/h6,9,12H,4-5,7-8H2,1-3H3. The van der Waals surface area contributed by atoms with E-state index < -0.39 is 0 Å². The van der Waals surface area contributed by atoms with Crippen molar-refractivity contribution >= 4 is 5.95 Å². The fourth-order valence-corrected chi connectivity index (χ4v) is 1.92. The van der Waals surface area contributed by atoms with Crippen molar-refractivity contribution in [2.75, 3.05) is 31.1 Å². The van der Waals surface area contributed by atoms with E-state index in [0.717, 1.165) is 32.1 Å². The molecule has 4 nitrogen and oxygen atoms in total. The lowest BCUT2D eigenvalue weighted by Gasteiger charge is -2.32. The Hall–Kier alpha value is -1.03. The number of rotatable bonds is 1. The average Bonchev–Trinajstić information content (AvgIpc) is 2.67. The van der Waals surface area contributed by atoms with Gasteiger partial charge in [-0.15, -0.1) is 0 Å². The van der Waals surface area contributed by atoms with Crippen LogP contribution < -0.4 is 10.2 Å². The van der Waals surface area contributed by atoms with Crippen molar-refractivity contribution in [3.63, 3.8) is 0 Å². The summed E-state index contributed by atoms with van der Waals surface area (Å²) in [5.41, 5.74) is 0.108. The number of hydrogen-bond donors (Lipinski definition) is 1. The van der Waals surface area contributed by atoms with Gasteiger partial charge in [0.05, 0.1) is 0 Å². The van der Waals surface area contributed by atoms with Crippen LogP contribution in [-0.4, -0.2) is 35.7 Å². The van der Waals surface area contributed by atoms with E-state index in [0.29, 0.717) is 0 Å². The van der Waals surface area contributed by atoms with Gasteiger partial charge in [-0.25, -0.2) is 4.98 Å². The maximum Gasteiger partial charge on any atom is 0.206 e. The van der Waals surface area contributed by atoms with Gasteiger partial charge in [0.1, 0.15) is 0 Å². The topological polar surface area (TPSA) is 33.1 Å². The first-order chi connectivity index (χ1) is 7.09. The molecule has 2 heterocycles. The molecule has 1 aromatic rings. The minimum absolute atomic E-state index is 0.108. The molecule has 1 aromatic heterocycles. The summed E-state index contributed by atoms with van der Waals surface area (Å²) in [6.07, 6.45) is 3.96. The number of nitrogens with zero attached hydrogens (tertiary/aromatic N) is 3. The molecule has 15 heavy (non-hydrogen) atoms. The Labute approximate surface area is 91.3 Å². The van der Waals surface area contributed by atoms with E-state index in [2.05, 4.69) is 46.7 Å². The Bertz CT molecular complexity index is 318. The van der Waals surface area contributed by atoms with E-state index >= 15 is 0 Å². The van der Waals surface area contributed by atoms with Crippen LogP contribution in [0.5, 0.6) is 0 Å². The fraction of sp³-hybridized carbons (Fsp3) is 0.727. The molecular weight excluding hydrogens is 188 g/mol. The highest BCUT2D eigenvalue weighted by molar-refractivity contribution is 5.33. The Kier molecular flexibility index (Phi) is 2.69. The van der Waals surface area contributed by atoms with Crippen molar-refractivity contribution < 1.29 is 0 Å². The molecule has 4 heteroatoms. The molecule has 0 amide bonds. The molecule has 1 aliphatic heterocycles. The molecular formula is C11H20N4. The SMILES string of the molecule is CC(C)(C)n1ccnc1N1CCNCC1. The average molecular weight is 208 g/mol. The van der Waals surface area contributed by atoms with E-state index in [1.165, 1.54) is 0 Å². The summed E-state index contributed by atoms with van der Waals surface area (Å²) in [7, 11) is 0. The van der Waals surface area contributed by atoms with Crippen molar-refractivity contribution in [3.05, 3.63) is 12.4 Å². The highest BCUT2D eigenvalue weighted by Gasteiger charge is 2.21. The lowest BCUT2D eigenvalue weighted by Crippen LogP contribution is -2.45. The molecule has 0 aliphatic carbocycles. The molecule has 0 radical (unpaired) electrons. The first kappa shape index (κ1) is 10.5. The van der Waals surface area contributed by atoms with E-state index in [1.807, 2.05) is 6.20 Å². The zero-order chi connectivity index (χ0) is 10.9. The molecule has 2 rings (SSSR count). The van der Waals surface area contributed by atoms with Gasteiger partial charge in [0, 0.05) is 44.1 Å². The molecule has 1 saturated heterocycles. The van der Waals surface area contributed by atoms with E-state index in [4.69, 9.17) is 0 Å². The Morgan fingerprint density at radius 1 is 1.27 bits per heavy atom. The van der Waals surface area contributed by atoms with Gasteiger partial charge in [0.25, 0.3) is 0 Å². The summed E-state index contributed by atoms with van der Waals surface area (Å²) in [6, 6.07) is 0. The van der Waals surface area contributed by atoms with Crippen LogP contribution >= 0.6 is 0 Å². The van der Waals surface area contributed by atoms with Gasteiger partial charge in [-0.05, 0) is 20.8 Å². The summed E-state index contributed by atoms with van der Waals surface area (Å²) in [4.78, 5) is 6.82. The summed E-state index contributed by atoms with van der Waals surface area (Å²) in [5, 5.41) is 3.36. The third-order valence-corrected chi connectivity index (χ3v) is 2.74. The number of aromatic nitrogens is 2. The van der Waals surface area contributed by atoms with Gasteiger partial charge in [-0.3, -0.25) is 0 Å². The Balaban J connectivity index is 2.24. The smallest absolute Gasteiger partial charge is 0.206 e. The molecule has 1 N–H and O–H groups in total. The number of nitrogens with one attached hydrogen (secondary N) is 1. The van der Waals surface area contributed by atoms with Crippen LogP contribution in [0.25, 0.3) is 0 Å². The van der Waals surface area contributed by atoms with Crippen molar-refractivity contribution in [1.82, 2.24) is 14.9 Å². The zero-order valence-electron chi connectivity index (χ0n) is 9.82. The third kappa shape index (κ3) is 2.15. The molecule has 1 fully saturated rings. The van der Waals surface area contributed by atoms with E-state index in [-0.39, 0.29) is 5.54 Å². The second-order valence-electron chi connectivity index (χ2n) is 5.01. The molecule has 0 spiro atoms. The van der Waals surface area contributed by atoms with Crippen LogP contribution in [0.4, 0.5) is 5.95 Å². The zero-order valence-corrected chi connectivity index (χ0v) is 9.82. The van der Waals surface area contributed by atoms with Crippen LogP contribution in [0.3, 0.4) is 0 Å². The first-order valence-electron chi connectivity index (χ1n) is 5.58. The quantitative estimate of drug-likeness (QED) is 0.749. The highest BCUT2D eigenvalue weighted by atomic mass is 15.3. The van der Waals surface area contributed by atoms with Crippen LogP contribution in [-0.2, 0) is 5.54 Å². The molecule has 0 aromatic carbocycles. The first-order valence-corrected chi connectivity index (χ1v) is 5.58. The number of hydrogen-bond acceptors (Lipinski definition) is 3. The summed E-state index contributed by atoms with van der Waals surface area (Å²) >= 11 is 0. The number of imidazole rings is 1. The monoisotopic (exact) mass is 208 g/mol. The minimum Gasteiger partial charge on any atom is -0.340 e. The molecule has 0 unspecified atom stereocenters. The predicted octanol–water partition coefficient (Wildman–Crippen LogP) is 1.05. The van der Waals surface area contributed by atoms with E-state index in [1.54, 1.807) is 0 Å². The molecule has 1 aliphatic rings. The van der Waals surface area contributed by atoms with Gasteiger partial charge in [0.2, 0.25) is 5.95 Å². The number of anilines is 1. The van der Waals surface area contributed by atoms with Gasteiger partial charge in [-0.1, -0.05) is 0 Å². The van der Waals surface area contributed by atoms with Crippen LogP contribution in [0.15, 0.2) is 12.4 Å². The van der Waals surface area contributed by atoms with Gasteiger partial charge < -0.3 is 14.8 Å². The Morgan fingerprint density at radius 3 is 2.53 bits per heavy atom. The number of piperazine rings is 1. The lowest BCUT2D eigenvalue weighted by atomic mass is 10.1. The third-order valence-electron chi connectivity index (χ3n) is 2.74. The van der Waals surface area contributed by atoms with Gasteiger partial charge in [0.15, 0.2) is 0 Å². The highest BCUT2D eigenvalue weighted by Crippen LogP contribution is 2.22. The maximum absolute atomic E-state index is 4.47. The Morgan fingerprint density at radius 2 is 1.93 bits per heavy atom.